The summed E-state index contributed by atoms with van der Waals surface area (Å²) < 4.78 is 0. The SMILES string of the molecule is CSCC[C@H](NC(=O)[C@@H](NC(=O)[C@H](CC(C)C)NC(=O)[C@H](CC(C)C)NC(=O)[C@H](Cc1ccc(O)cc1)NC(=O)[C@H](CCC(N)=O)NC(=O)[C@H](Cc1ccccc1)NC(=O)[C@H](C)NC(=O)[C@H](Cc1ccccc1)NC(=O)[C@@H](N)CCSC)C(C)C)C(=O)O. The van der Waals surface area contributed by atoms with Crippen molar-refractivity contribution in [3.8, 4) is 5.75 Å². The van der Waals surface area contributed by atoms with Crippen LogP contribution in [0.4, 0.5) is 0 Å². The topological polar surface area (TPSA) is 389 Å². The number of aliphatic carboxylic acids is 1. The van der Waals surface area contributed by atoms with Gasteiger partial charge in [-0.1, -0.05) is 114 Å². The van der Waals surface area contributed by atoms with E-state index in [1.54, 1.807) is 94.6 Å². The maximum Gasteiger partial charge on any atom is 0.326 e. The van der Waals surface area contributed by atoms with Crippen molar-refractivity contribution in [3.63, 3.8) is 0 Å². The van der Waals surface area contributed by atoms with E-state index in [-0.39, 0.29) is 62.5 Å². The molecule has 0 aromatic heterocycles. The first-order valence-electron chi connectivity index (χ1n) is 29.5. The van der Waals surface area contributed by atoms with E-state index in [0.717, 1.165) is 0 Å². The van der Waals surface area contributed by atoms with Crippen LogP contribution in [0.25, 0.3) is 0 Å². The molecule has 484 valence electrons. The van der Waals surface area contributed by atoms with Crippen LogP contribution >= 0.6 is 23.5 Å². The number of carbonyl (C=O) groups is 11. The minimum atomic E-state index is -1.58. The van der Waals surface area contributed by atoms with Crippen LogP contribution in [0, 0.1) is 17.8 Å². The number of amides is 10. The van der Waals surface area contributed by atoms with Crippen LogP contribution in [0.3, 0.4) is 0 Å². The first-order valence-corrected chi connectivity index (χ1v) is 32.2. The molecule has 3 aromatic carbocycles. The molecule has 0 unspecified atom stereocenters. The molecule has 0 spiro atoms. The minimum absolute atomic E-state index is 0.0310. The zero-order valence-electron chi connectivity index (χ0n) is 51.7. The van der Waals surface area contributed by atoms with E-state index >= 15 is 0 Å². The molecule has 0 aliphatic rings. The van der Waals surface area contributed by atoms with E-state index in [9.17, 15) is 63.0 Å². The van der Waals surface area contributed by atoms with Crippen LogP contribution in [-0.4, -0.2) is 160 Å². The second-order valence-corrected chi connectivity index (χ2v) is 24.9. The molecule has 0 fully saturated rings. The first-order chi connectivity index (χ1) is 41.6. The Morgan fingerprint density at radius 3 is 1.25 bits per heavy atom. The van der Waals surface area contributed by atoms with Gasteiger partial charge in [0, 0.05) is 25.7 Å². The molecular formula is C62H91N11O13S2. The molecule has 0 aliphatic heterocycles. The lowest BCUT2D eigenvalue weighted by Gasteiger charge is -2.29. The maximum absolute atomic E-state index is 14.7. The van der Waals surface area contributed by atoms with Gasteiger partial charge in [0.2, 0.25) is 59.1 Å². The lowest BCUT2D eigenvalue weighted by Crippen LogP contribution is -2.61. The van der Waals surface area contributed by atoms with Crippen molar-refractivity contribution in [3.05, 3.63) is 102 Å². The Morgan fingerprint density at radius 2 is 0.807 bits per heavy atom. The number of nitrogens with two attached hydrogens (primary N) is 2. The molecule has 88 heavy (non-hydrogen) atoms. The fourth-order valence-corrected chi connectivity index (χ4v) is 10.1. The lowest BCUT2D eigenvalue weighted by molar-refractivity contribution is -0.142. The van der Waals surface area contributed by atoms with Gasteiger partial charge in [0.05, 0.1) is 6.04 Å². The molecule has 15 N–H and O–H groups in total. The number of benzene rings is 3. The minimum Gasteiger partial charge on any atom is -0.508 e. The van der Waals surface area contributed by atoms with E-state index in [0.29, 0.717) is 34.6 Å². The van der Waals surface area contributed by atoms with Gasteiger partial charge in [-0.2, -0.15) is 23.5 Å². The predicted molar refractivity (Wildman–Crippen MR) is 339 cm³/mol. The van der Waals surface area contributed by atoms with Crippen molar-refractivity contribution in [1.29, 1.82) is 0 Å². The van der Waals surface area contributed by atoms with Gasteiger partial charge >= 0.3 is 5.97 Å². The van der Waals surface area contributed by atoms with Gasteiger partial charge in [-0.05, 0) is 110 Å². The number of phenolic OH excluding ortho intramolecular Hbond substituents is 1. The molecule has 0 saturated carbocycles. The number of thioether (sulfide) groups is 2. The monoisotopic (exact) mass is 1260 g/mol. The van der Waals surface area contributed by atoms with Gasteiger partial charge in [-0.25, -0.2) is 4.79 Å². The number of hydrogen-bond donors (Lipinski definition) is 13. The molecule has 3 rings (SSSR count). The standard InChI is InChI=1S/C62H91N11O13S2/c1-35(2)30-46(57(80)71-47(31-36(3)4)60(83)73-52(37(5)6)61(84)67-45(62(85)86)27-29-88-9)70-59(82)50(34-41-20-22-42(74)23-21-41)72-55(78)44(24-25-51(64)75)66-58(81)49(33-40-18-14-11-15-19-40)68-53(76)38(7)65-56(79)48(32-39-16-12-10-13-17-39)69-54(77)43(63)26-28-87-8/h10-23,35-38,43-50,52,74H,24-34,63H2,1-9H3,(H2,64,75)(H,65,79)(H,66,81)(H,67,84)(H,68,76)(H,69,77)(H,70,82)(H,71,80)(H,72,78)(H,73,83)(H,85,86)/t38-,43-,44-,45-,46-,47-,48-,49-,50-,52-/m0/s1. The van der Waals surface area contributed by atoms with E-state index in [4.69, 9.17) is 11.5 Å². The molecule has 3 aromatic rings. The number of phenols is 1. The Morgan fingerprint density at radius 1 is 0.432 bits per heavy atom. The number of carboxylic acids is 1. The number of primary amides is 1. The molecule has 0 heterocycles. The second kappa shape index (κ2) is 38.5. The van der Waals surface area contributed by atoms with E-state index < -0.39 is 138 Å². The third-order valence-electron chi connectivity index (χ3n) is 14.0. The normalized spacial score (nSPS) is 14.6. The maximum atomic E-state index is 14.7. The van der Waals surface area contributed by atoms with Crippen molar-refractivity contribution in [1.82, 2.24) is 47.9 Å². The molecular weight excluding hydrogens is 1170 g/mol. The number of carbonyl (C=O) groups excluding carboxylic acids is 10. The van der Waals surface area contributed by atoms with Crippen LogP contribution < -0.4 is 59.3 Å². The third-order valence-corrected chi connectivity index (χ3v) is 15.3. The molecule has 0 radical (unpaired) electrons. The predicted octanol–water partition coefficient (Wildman–Crippen LogP) is 1.73. The van der Waals surface area contributed by atoms with Gasteiger partial charge in [-0.15, -0.1) is 0 Å². The Balaban J connectivity index is 1.96. The van der Waals surface area contributed by atoms with Gasteiger partial charge in [-0.3, -0.25) is 47.9 Å². The molecule has 10 amide bonds. The van der Waals surface area contributed by atoms with Crippen LogP contribution in [0.5, 0.6) is 5.75 Å². The fourth-order valence-electron chi connectivity index (χ4n) is 9.12. The zero-order chi connectivity index (χ0) is 65.6. The van der Waals surface area contributed by atoms with Crippen molar-refractivity contribution in [2.24, 2.45) is 29.2 Å². The average molecular weight is 1260 g/mol. The number of rotatable bonds is 39. The van der Waals surface area contributed by atoms with Crippen LogP contribution in [0.15, 0.2) is 84.9 Å². The summed E-state index contributed by atoms with van der Waals surface area (Å²) in [4.78, 5) is 151. The molecule has 0 saturated heterocycles. The van der Waals surface area contributed by atoms with Gasteiger partial charge in [0.1, 0.15) is 60.1 Å². The first kappa shape index (κ1) is 74.5. The molecule has 24 nitrogen and oxygen atoms in total. The number of carboxylic acid groups (broad SMARTS) is 1. The summed E-state index contributed by atoms with van der Waals surface area (Å²) in [6.07, 6.45) is 3.16. The highest BCUT2D eigenvalue weighted by Gasteiger charge is 2.36. The Labute approximate surface area is 524 Å². The van der Waals surface area contributed by atoms with Crippen LogP contribution in [0.1, 0.15) is 104 Å². The van der Waals surface area contributed by atoms with Crippen LogP contribution in [0.2, 0.25) is 0 Å². The summed E-state index contributed by atoms with van der Waals surface area (Å²) in [6.45, 7) is 11.9. The fraction of sp³-hybridized carbons (Fsp3) is 0.532. The Bertz CT molecular complexity index is 2780. The highest BCUT2D eigenvalue weighted by Crippen LogP contribution is 2.16. The van der Waals surface area contributed by atoms with Gasteiger partial charge in [0.25, 0.3) is 0 Å². The third kappa shape index (κ3) is 27.1. The summed E-state index contributed by atoms with van der Waals surface area (Å²) in [5, 5.41) is 43.9. The van der Waals surface area contributed by atoms with Crippen molar-refractivity contribution in [2.75, 3.05) is 24.0 Å². The zero-order valence-corrected chi connectivity index (χ0v) is 53.4. The Hall–Kier alpha value is -7.71. The smallest absolute Gasteiger partial charge is 0.326 e. The molecule has 0 aliphatic carbocycles. The summed E-state index contributed by atoms with van der Waals surface area (Å²) >= 11 is 2.92. The van der Waals surface area contributed by atoms with Gasteiger partial charge < -0.3 is 69.5 Å². The van der Waals surface area contributed by atoms with Crippen LogP contribution in [-0.2, 0) is 72.0 Å². The van der Waals surface area contributed by atoms with E-state index in [2.05, 4.69) is 47.9 Å². The molecule has 26 heteroatoms. The number of nitrogens with one attached hydrogen (secondary N) is 9. The van der Waals surface area contributed by atoms with E-state index in [1.807, 2.05) is 20.1 Å². The number of aromatic hydroxyl groups is 1. The molecule has 10 atom stereocenters. The second-order valence-electron chi connectivity index (χ2n) is 22.9. The highest BCUT2D eigenvalue weighted by molar-refractivity contribution is 7.98. The summed E-state index contributed by atoms with van der Waals surface area (Å²) in [5.41, 5.74) is 13.4. The van der Waals surface area contributed by atoms with Crippen molar-refractivity contribution < 1.29 is 63.0 Å². The lowest BCUT2D eigenvalue weighted by atomic mass is 9.98. The summed E-state index contributed by atoms with van der Waals surface area (Å²) in [6, 6.07) is 10.3. The quantitative estimate of drug-likeness (QED) is 0.0387. The van der Waals surface area contributed by atoms with E-state index in [1.165, 1.54) is 54.7 Å². The van der Waals surface area contributed by atoms with Gasteiger partial charge in [0.15, 0.2) is 0 Å². The largest absolute Gasteiger partial charge is 0.508 e. The highest BCUT2D eigenvalue weighted by atomic mass is 32.2. The summed E-state index contributed by atoms with van der Waals surface area (Å²) in [7, 11) is 0. The molecule has 0 bridgehead atoms. The van der Waals surface area contributed by atoms with Crippen molar-refractivity contribution >= 4 is 88.6 Å². The van der Waals surface area contributed by atoms with Crippen molar-refractivity contribution in [2.45, 2.75) is 167 Å². The Kier molecular flexibility index (Phi) is 32.6. The number of hydrogen-bond acceptors (Lipinski definition) is 15. The average Bonchev–Trinajstić information content (AvgIpc) is 3.61. The summed E-state index contributed by atoms with van der Waals surface area (Å²) in [5.74, 6) is -9.12.